The van der Waals surface area contributed by atoms with Gasteiger partial charge in [-0.25, -0.2) is 9.59 Å². The van der Waals surface area contributed by atoms with Crippen LogP contribution in [0, 0.1) is 0 Å². The van der Waals surface area contributed by atoms with Crippen LogP contribution in [0.25, 0.3) is 0 Å². The second-order valence-corrected chi connectivity index (χ2v) is 4.52. The number of hydrogen-bond donors (Lipinski definition) is 0. The first-order chi connectivity index (χ1) is 9.60. The Bertz CT molecular complexity index is 333. The van der Waals surface area contributed by atoms with Crippen molar-refractivity contribution in [2.75, 3.05) is 13.7 Å². The first kappa shape index (κ1) is 18.4. The third kappa shape index (κ3) is 11.4. The number of hydrogen-bond acceptors (Lipinski definition) is 5. The predicted molar refractivity (Wildman–Crippen MR) is 75.1 cm³/mol. The van der Waals surface area contributed by atoms with E-state index in [-0.39, 0.29) is 12.4 Å². The lowest BCUT2D eigenvalue weighted by Crippen LogP contribution is -2.12. The van der Waals surface area contributed by atoms with E-state index in [0.29, 0.717) is 6.42 Å². The van der Waals surface area contributed by atoms with Crippen molar-refractivity contribution in [2.45, 2.75) is 51.9 Å². The molecule has 0 rings (SSSR count). The molecular weight excluding hydrogens is 260 g/mol. The zero-order valence-corrected chi connectivity index (χ0v) is 12.4. The molecule has 0 bridgehead atoms. The standard InChI is InChI=1S/C15H24O5/c1-3-4-5-6-7-8-9-13(16)12-20-15(18)11-10-14(17)19-2/h10-11H,3-9,12H2,1-2H3/b11-10+. The maximum Gasteiger partial charge on any atom is 0.331 e. The van der Waals surface area contributed by atoms with E-state index >= 15 is 0 Å². The van der Waals surface area contributed by atoms with Crippen LogP contribution >= 0.6 is 0 Å². The van der Waals surface area contributed by atoms with E-state index in [1.54, 1.807) is 0 Å². The molecule has 0 aliphatic carbocycles. The summed E-state index contributed by atoms with van der Waals surface area (Å²) in [6.07, 6.45) is 8.98. The summed E-state index contributed by atoms with van der Waals surface area (Å²) in [6.45, 7) is 1.92. The van der Waals surface area contributed by atoms with E-state index < -0.39 is 11.9 Å². The van der Waals surface area contributed by atoms with Gasteiger partial charge in [-0.1, -0.05) is 39.0 Å². The number of ketones is 1. The summed E-state index contributed by atoms with van der Waals surface area (Å²) in [5.41, 5.74) is 0. The number of ether oxygens (including phenoxy) is 2. The second-order valence-electron chi connectivity index (χ2n) is 4.52. The van der Waals surface area contributed by atoms with Crippen molar-refractivity contribution >= 4 is 17.7 Å². The lowest BCUT2D eigenvalue weighted by Gasteiger charge is -2.02. The first-order valence-electron chi connectivity index (χ1n) is 7.04. The zero-order valence-electron chi connectivity index (χ0n) is 12.4. The molecule has 0 aromatic heterocycles. The molecule has 0 atom stereocenters. The maximum absolute atomic E-state index is 11.4. The third-order valence-corrected chi connectivity index (χ3v) is 2.74. The molecule has 0 spiro atoms. The number of Topliss-reactive ketones (excluding diaryl/α,β-unsaturated/α-hetero) is 1. The molecule has 0 saturated carbocycles. The summed E-state index contributed by atoms with van der Waals surface area (Å²) >= 11 is 0. The Morgan fingerprint density at radius 1 is 0.900 bits per heavy atom. The number of carbonyl (C=O) groups excluding carboxylic acids is 3. The van der Waals surface area contributed by atoms with Gasteiger partial charge in [0.25, 0.3) is 0 Å². The number of esters is 2. The predicted octanol–water partition coefficient (Wildman–Crippen LogP) is 2.58. The highest BCUT2D eigenvalue weighted by molar-refractivity contribution is 5.92. The highest BCUT2D eigenvalue weighted by Gasteiger charge is 2.05. The molecule has 0 aromatic carbocycles. The van der Waals surface area contributed by atoms with Crippen LogP contribution in [-0.4, -0.2) is 31.4 Å². The van der Waals surface area contributed by atoms with Crippen LogP contribution in [-0.2, 0) is 23.9 Å². The highest BCUT2D eigenvalue weighted by Crippen LogP contribution is 2.07. The topological polar surface area (TPSA) is 69.7 Å². The van der Waals surface area contributed by atoms with Gasteiger partial charge in [0.1, 0.15) is 6.61 Å². The Kier molecular flexibility index (Phi) is 11.4. The minimum Gasteiger partial charge on any atom is -0.466 e. The minimum absolute atomic E-state index is 0.0969. The van der Waals surface area contributed by atoms with Gasteiger partial charge in [-0.2, -0.15) is 0 Å². The van der Waals surface area contributed by atoms with E-state index in [9.17, 15) is 14.4 Å². The van der Waals surface area contributed by atoms with Gasteiger partial charge in [0.15, 0.2) is 5.78 Å². The quantitative estimate of drug-likeness (QED) is 0.331. The van der Waals surface area contributed by atoms with Gasteiger partial charge >= 0.3 is 11.9 Å². The fourth-order valence-electron chi connectivity index (χ4n) is 1.58. The van der Waals surface area contributed by atoms with Crippen molar-refractivity contribution in [1.82, 2.24) is 0 Å². The third-order valence-electron chi connectivity index (χ3n) is 2.74. The van der Waals surface area contributed by atoms with Crippen molar-refractivity contribution in [2.24, 2.45) is 0 Å². The molecule has 114 valence electrons. The smallest absolute Gasteiger partial charge is 0.331 e. The number of carbonyl (C=O) groups is 3. The van der Waals surface area contributed by atoms with Crippen molar-refractivity contribution in [1.29, 1.82) is 0 Å². The van der Waals surface area contributed by atoms with Crippen LogP contribution < -0.4 is 0 Å². The van der Waals surface area contributed by atoms with Crippen LogP contribution in [0.5, 0.6) is 0 Å². The molecule has 0 heterocycles. The SMILES string of the molecule is CCCCCCCCC(=O)COC(=O)/C=C/C(=O)OC. The summed E-state index contributed by atoms with van der Waals surface area (Å²) in [6, 6.07) is 0. The van der Waals surface area contributed by atoms with Gasteiger partial charge in [-0.3, -0.25) is 4.79 Å². The molecule has 0 unspecified atom stereocenters. The monoisotopic (exact) mass is 284 g/mol. The van der Waals surface area contributed by atoms with E-state index in [2.05, 4.69) is 11.7 Å². The molecule has 0 amide bonds. The first-order valence-corrected chi connectivity index (χ1v) is 7.04. The molecule has 5 heteroatoms. The number of methoxy groups -OCH3 is 1. The minimum atomic E-state index is -0.716. The average molecular weight is 284 g/mol. The molecule has 5 nitrogen and oxygen atoms in total. The molecule has 0 saturated heterocycles. The maximum atomic E-state index is 11.4. The average Bonchev–Trinajstić information content (AvgIpc) is 2.46. The van der Waals surface area contributed by atoms with Gasteiger partial charge in [0.05, 0.1) is 7.11 Å². The molecule has 0 aromatic rings. The van der Waals surface area contributed by atoms with E-state index in [4.69, 9.17) is 4.74 Å². The summed E-state index contributed by atoms with van der Waals surface area (Å²) in [7, 11) is 1.21. The lowest BCUT2D eigenvalue weighted by atomic mass is 10.1. The van der Waals surface area contributed by atoms with Crippen LogP contribution in [0.15, 0.2) is 12.2 Å². The van der Waals surface area contributed by atoms with Crippen LogP contribution in [0.1, 0.15) is 51.9 Å². The molecule has 0 aliphatic rings. The van der Waals surface area contributed by atoms with Gasteiger partial charge in [0, 0.05) is 18.6 Å². The molecule has 20 heavy (non-hydrogen) atoms. The highest BCUT2D eigenvalue weighted by atomic mass is 16.5. The summed E-state index contributed by atoms with van der Waals surface area (Å²) in [5.74, 6) is -1.45. The summed E-state index contributed by atoms with van der Waals surface area (Å²) in [5, 5.41) is 0. The summed E-state index contributed by atoms with van der Waals surface area (Å²) < 4.78 is 9.03. The Balaban J connectivity index is 3.60. The van der Waals surface area contributed by atoms with E-state index in [0.717, 1.165) is 31.4 Å². The van der Waals surface area contributed by atoms with Crippen LogP contribution in [0.3, 0.4) is 0 Å². The molecule has 0 N–H and O–H groups in total. The number of rotatable bonds is 11. The van der Waals surface area contributed by atoms with Gasteiger partial charge in [-0.05, 0) is 6.42 Å². The van der Waals surface area contributed by atoms with Crippen molar-refractivity contribution in [3.63, 3.8) is 0 Å². The summed E-state index contributed by atoms with van der Waals surface area (Å²) in [4.78, 5) is 33.3. The van der Waals surface area contributed by atoms with E-state index in [1.807, 2.05) is 0 Å². The van der Waals surface area contributed by atoms with Crippen molar-refractivity contribution < 1.29 is 23.9 Å². The largest absolute Gasteiger partial charge is 0.466 e. The van der Waals surface area contributed by atoms with Gasteiger partial charge in [-0.15, -0.1) is 0 Å². The normalized spacial score (nSPS) is 10.5. The lowest BCUT2D eigenvalue weighted by molar-refractivity contribution is -0.143. The van der Waals surface area contributed by atoms with Crippen molar-refractivity contribution in [3.05, 3.63) is 12.2 Å². The van der Waals surface area contributed by atoms with Crippen LogP contribution in [0.2, 0.25) is 0 Å². The van der Waals surface area contributed by atoms with Gasteiger partial charge < -0.3 is 9.47 Å². The Labute approximate surface area is 120 Å². The Hall–Kier alpha value is -1.65. The zero-order chi connectivity index (χ0) is 15.2. The second kappa shape index (κ2) is 12.4. The Morgan fingerprint density at radius 3 is 2.15 bits per heavy atom. The van der Waals surface area contributed by atoms with E-state index in [1.165, 1.54) is 26.4 Å². The van der Waals surface area contributed by atoms with Gasteiger partial charge in [0.2, 0.25) is 0 Å². The molecule has 0 radical (unpaired) electrons. The number of unbranched alkanes of at least 4 members (excludes halogenated alkanes) is 5. The van der Waals surface area contributed by atoms with Crippen molar-refractivity contribution in [3.8, 4) is 0 Å². The molecule has 0 aliphatic heterocycles. The van der Waals surface area contributed by atoms with Crippen LogP contribution in [0.4, 0.5) is 0 Å². The fourth-order valence-corrected chi connectivity index (χ4v) is 1.58. The Morgan fingerprint density at radius 2 is 1.50 bits per heavy atom. The molecular formula is C15H24O5. The fraction of sp³-hybridized carbons (Fsp3) is 0.667. The molecule has 0 fully saturated rings.